The second kappa shape index (κ2) is 5.20. The van der Waals surface area contributed by atoms with Crippen molar-refractivity contribution in [3.8, 4) is 0 Å². The van der Waals surface area contributed by atoms with Gasteiger partial charge in [0, 0.05) is 5.56 Å². The van der Waals surface area contributed by atoms with E-state index >= 15 is 0 Å². The Morgan fingerprint density at radius 3 is 2.36 bits per heavy atom. The van der Waals surface area contributed by atoms with Crippen molar-refractivity contribution in [2.45, 2.75) is 26.2 Å². The van der Waals surface area contributed by atoms with Crippen LogP contribution in [0.25, 0.3) is 0 Å². The molecule has 76 valence electrons. The van der Waals surface area contributed by atoms with E-state index in [1.807, 2.05) is 18.4 Å². The van der Waals surface area contributed by atoms with Crippen LogP contribution in [0, 0.1) is 0 Å². The highest BCUT2D eigenvalue weighted by molar-refractivity contribution is 8.13. The van der Waals surface area contributed by atoms with Crippen molar-refractivity contribution in [3.63, 3.8) is 0 Å². The van der Waals surface area contributed by atoms with Crippen molar-refractivity contribution < 1.29 is 4.79 Å². The summed E-state index contributed by atoms with van der Waals surface area (Å²) in [6.45, 7) is 4.37. The molecule has 0 heterocycles. The lowest BCUT2D eigenvalue weighted by Gasteiger charge is -2.08. The van der Waals surface area contributed by atoms with Crippen molar-refractivity contribution in [3.05, 3.63) is 35.4 Å². The Morgan fingerprint density at radius 2 is 1.93 bits per heavy atom. The largest absolute Gasteiger partial charge is 0.282 e. The summed E-state index contributed by atoms with van der Waals surface area (Å²) in [6.07, 6.45) is 2.95. The van der Waals surface area contributed by atoms with E-state index in [1.165, 1.54) is 17.3 Å². The second-order valence-electron chi connectivity index (χ2n) is 3.42. The third kappa shape index (κ3) is 2.61. The van der Waals surface area contributed by atoms with Crippen LogP contribution < -0.4 is 0 Å². The number of hydrogen-bond acceptors (Lipinski definition) is 2. The van der Waals surface area contributed by atoms with Gasteiger partial charge >= 0.3 is 0 Å². The zero-order valence-electron chi connectivity index (χ0n) is 8.91. The van der Waals surface area contributed by atoms with Gasteiger partial charge in [-0.3, -0.25) is 4.79 Å². The molecule has 0 bridgehead atoms. The topological polar surface area (TPSA) is 17.1 Å². The molecule has 0 saturated carbocycles. The first-order valence-electron chi connectivity index (χ1n) is 4.87. The van der Waals surface area contributed by atoms with Crippen LogP contribution in [0.2, 0.25) is 0 Å². The molecule has 0 aliphatic carbocycles. The van der Waals surface area contributed by atoms with Crippen LogP contribution in [-0.4, -0.2) is 11.4 Å². The Balaban J connectivity index is 2.83. The number of hydrogen-bond donors (Lipinski definition) is 0. The first-order valence-corrected chi connectivity index (χ1v) is 6.09. The number of rotatable bonds is 3. The van der Waals surface area contributed by atoms with Crippen LogP contribution >= 0.6 is 11.8 Å². The van der Waals surface area contributed by atoms with Gasteiger partial charge in [-0.05, 0) is 24.2 Å². The summed E-state index contributed by atoms with van der Waals surface area (Å²) in [6, 6.07) is 7.94. The summed E-state index contributed by atoms with van der Waals surface area (Å²) in [5, 5.41) is 0.140. The molecule has 14 heavy (non-hydrogen) atoms. The lowest BCUT2D eigenvalue weighted by molar-refractivity contribution is 0.108. The van der Waals surface area contributed by atoms with Crippen molar-refractivity contribution in [2.24, 2.45) is 0 Å². The van der Waals surface area contributed by atoms with Gasteiger partial charge in [0.1, 0.15) is 0 Å². The van der Waals surface area contributed by atoms with Gasteiger partial charge in [0.2, 0.25) is 5.12 Å². The number of thioether (sulfide) groups is 1. The van der Waals surface area contributed by atoms with Crippen LogP contribution in [0.15, 0.2) is 24.3 Å². The molecule has 1 aromatic carbocycles. The van der Waals surface area contributed by atoms with E-state index in [0.29, 0.717) is 5.92 Å². The van der Waals surface area contributed by atoms with Gasteiger partial charge in [-0.2, -0.15) is 0 Å². The Bertz CT molecular complexity index is 303. The van der Waals surface area contributed by atoms with Crippen LogP contribution in [-0.2, 0) is 0 Å². The fraction of sp³-hybridized carbons (Fsp3) is 0.417. The van der Waals surface area contributed by atoms with Gasteiger partial charge < -0.3 is 0 Å². The Kier molecular flexibility index (Phi) is 4.21. The molecule has 0 spiro atoms. The van der Waals surface area contributed by atoms with Crippen molar-refractivity contribution in [2.75, 3.05) is 6.26 Å². The van der Waals surface area contributed by atoms with Crippen LogP contribution in [0.1, 0.15) is 42.1 Å². The highest BCUT2D eigenvalue weighted by atomic mass is 32.2. The molecule has 1 atom stereocenters. The third-order valence-electron chi connectivity index (χ3n) is 2.51. The monoisotopic (exact) mass is 208 g/mol. The predicted molar refractivity (Wildman–Crippen MR) is 63.0 cm³/mol. The molecular weight excluding hydrogens is 192 g/mol. The molecule has 1 aromatic rings. The van der Waals surface area contributed by atoms with E-state index in [2.05, 4.69) is 26.0 Å². The lowest BCUT2D eigenvalue weighted by atomic mass is 9.98. The maximum atomic E-state index is 11.3. The molecule has 0 amide bonds. The average molecular weight is 208 g/mol. The molecule has 0 aliphatic heterocycles. The molecular formula is C12H16OS. The summed E-state index contributed by atoms with van der Waals surface area (Å²) >= 11 is 1.26. The molecule has 0 aromatic heterocycles. The summed E-state index contributed by atoms with van der Waals surface area (Å²) in [7, 11) is 0. The predicted octanol–water partition coefficient (Wildman–Crippen LogP) is 3.70. The van der Waals surface area contributed by atoms with Gasteiger partial charge in [0.05, 0.1) is 0 Å². The van der Waals surface area contributed by atoms with Crippen molar-refractivity contribution in [1.82, 2.24) is 0 Å². The van der Waals surface area contributed by atoms with E-state index in [0.717, 1.165) is 12.0 Å². The van der Waals surface area contributed by atoms with E-state index in [1.54, 1.807) is 0 Å². The summed E-state index contributed by atoms with van der Waals surface area (Å²) < 4.78 is 0. The lowest BCUT2D eigenvalue weighted by Crippen LogP contribution is -1.95. The summed E-state index contributed by atoms with van der Waals surface area (Å²) in [4.78, 5) is 11.3. The third-order valence-corrected chi connectivity index (χ3v) is 3.12. The molecule has 1 unspecified atom stereocenters. The maximum Gasteiger partial charge on any atom is 0.219 e. The fourth-order valence-electron chi connectivity index (χ4n) is 1.30. The SMILES string of the molecule is CCC(C)c1ccc(C(=O)SC)cc1. The maximum absolute atomic E-state index is 11.3. The van der Waals surface area contributed by atoms with E-state index < -0.39 is 0 Å². The first-order chi connectivity index (χ1) is 6.69. The molecule has 0 radical (unpaired) electrons. The summed E-state index contributed by atoms with van der Waals surface area (Å²) in [5.41, 5.74) is 2.11. The first kappa shape index (κ1) is 11.3. The van der Waals surface area contributed by atoms with Gasteiger partial charge in [-0.15, -0.1) is 0 Å². The minimum absolute atomic E-state index is 0.140. The molecule has 0 aliphatic rings. The van der Waals surface area contributed by atoms with Gasteiger partial charge in [0.25, 0.3) is 0 Å². The zero-order valence-corrected chi connectivity index (χ0v) is 9.73. The van der Waals surface area contributed by atoms with Crippen LogP contribution in [0.4, 0.5) is 0 Å². The van der Waals surface area contributed by atoms with Crippen molar-refractivity contribution in [1.29, 1.82) is 0 Å². The van der Waals surface area contributed by atoms with Gasteiger partial charge in [-0.25, -0.2) is 0 Å². The number of benzene rings is 1. The Morgan fingerprint density at radius 1 is 1.36 bits per heavy atom. The standard InChI is InChI=1S/C12H16OS/c1-4-9(2)10-5-7-11(8-6-10)12(13)14-3/h5-9H,4H2,1-3H3. The van der Waals surface area contributed by atoms with Crippen LogP contribution in [0.5, 0.6) is 0 Å². The fourth-order valence-corrected chi connectivity index (χ4v) is 1.67. The van der Waals surface area contributed by atoms with E-state index in [9.17, 15) is 4.79 Å². The molecule has 2 heteroatoms. The quantitative estimate of drug-likeness (QED) is 0.753. The minimum Gasteiger partial charge on any atom is -0.282 e. The van der Waals surface area contributed by atoms with E-state index in [4.69, 9.17) is 0 Å². The Hall–Kier alpha value is -0.760. The number of carbonyl (C=O) groups is 1. The highest BCUT2D eigenvalue weighted by Crippen LogP contribution is 2.19. The normalized spacial score (nSPS) is 12.5. The van der Waals surface area contributed by atoms with Gasteiger partial charge in [-0.1, -0.05) is 49.9 Å². The zero-order chi connectivity index (χ0) is 10.6. The number of carbonyl (C=O) groups excluding carboxylic acids is 1. The summed E-state index contributed by atoms with van der Waals surface area (Å²) in [5.74, 6) is 0.577. The molecule has 1 nitrogen and oxygen atoms in total. The van der Waals surface area contributed by atoms with E-state index in [-0.39, 0.29) is 5.12 Å². The minimum atomic E-state index is 0.140. The molecule has 0 fully saturated rings. The Labute approximate surface area is 89.9 Å². The second-order valence-corrected chi connectivity index (χ2v) is 4.20. The highest BCUT2D eigenvalue weighted by Gasteiger charge is 2.05. The van der Waals surface area contributed by atoms with Crippen LogP contribution in [0.3, 0.4) is 0 Å². The molecule has 0 N–H and O–H groups in total. The smallest absolute Gasteiger partial charge is 0.219 e. The van der Waals surface area contributed by atoms with Crippen molar-refractivity contribution >= 4 is 16.9 Å². The molecule has 0 saturated heterocycles. The average Bonchev–Trinajstić information content (AvgIpc) is 2.27. The molecule has 1 rings (SSSR count). The van der Waals surface area contributed by atoms with Gasteiger partial charge in [0.15, 0.2) is 0 Å².